The van der Waals surface area contributed by atoms with Crippen LogP contribution in [0.1, 0.15) is 31.0 Å². The van der Waals surface area contributed by atoms with Crippen LogP contribution in [0.2, 0.25) is 0 Å². The number of nitrogens with zero attached hydrogens (tertiary/aromatic N) is 4. The molecule has 2 aromatic heterocycles. The summed E-state index contributed by atoms with van der Waals surface area (Å²) < 4.78 is 0. The first-order chi connectivity index (χ1) is 17.9. The van der Waals surface area contributed by atoms with Crippen molar-refractivity contribution in [1.29, 1.82) is 0 Å². The Morgan fingerprint density at radius 3 is 2.16 bits per heavy atom. The summed E-state index contributed by atoms with van der Waals surface area (Å²) in [6.45, 7) is 3.35. The highest BCUT2D eigenvalue weighted by Gasteiger charge is 2.33. The van der Waals surface area contributed by atoms with Crippen LogP contribution in [0.5, 0.6) is 0 Å². The van der Waals surface area contributed by atoms with Gasteiger partial charge < -0.3 is 25.1 Å². The third-order valence-electron chi connectivity index (χ3n) is 6.71. The van der Waals surface area contributed by atoms with Crippen LogP contribution in [-0.2, 0) is 11.3 Å². The Kier molecular flexibility index (Phi) is 7.18. The number of aromatic nitrogens is 4. The quantitative estimate of drug-likeness (QED) is 0.262. The van der Waals surface area contributed by atoms with Crippen LogP contribution < -0.4 is 0 Å². The van der Waals surface area contributed by atoms with E-state index >= 15 is 0 Å². The largest absolute Gasteiger partial charge is 0.392 e. The Balaban J connectivity index is 1.25. The summed E-state index contributed by atoms with van der Waals surface area (Å²) in [6.07, 6.45) is 3.97. The lowest BCUT2D eigenvalue weighted by Crippen LogP contribution is -2.27. The minimum atomic E-state index is -0.521. The minimum absolute atomic E-state index is 0.227. The maximum Gasteiger partial charge on any atom is 0.210 e. The Bertz CT molecular complexity index is 1330. The second-order valence-electron chi connectivity index (χ2n) is 9.83. The van der Waals surface area contributed by atoms with Gasteiger partial charge in [0.2, 0.25) is 6.41 Å². The van der Waals surface area contributed by atoms with Crippen molar-refractivity contribution in [3.05, 3.63) is 72.6 Å². The standard InChI is InChI=1S/C28H32N6O3/c1-18(36)14-33(2)16-27-29-12-24(31-27)21-7-3-19(4-8-21)20-5-9-22(10-6-20)25-13-30-28(32-25)26-11-23(37)15-34(26)17-35/h3-10,12-13,17-18,23,26,36-37H,11,14-16H2,1-2H3,(H,29,31)(H,30,32)/t18?,23-,26?/m1/s1. The van der Waals surface area contributed by atoms with Crippen LogP contribution in [0, 0.1) is 0 Å². The van der Waals surface area contributed by atoms with Crippen molar-refractivity contribution >= 4 is 6.41 Å². The molecule has 3 atom stereocenters. The Hall–Kier alpha value is -3.79. The second kappa shape index (κ2) is 10.7. The molecule has 1 aliphatic heterocycles. The number of hydrogen-bond acceptors (Lipinski definition) is 6. The fourth-order valence-corrected chi connectivity index (χ4v) is 4.92. The number of aliphatic hydroxyl groups excluding tert-OH is 2. The van der Waals surface area contributed by atoms with E-state index in [-0.39, 0.29) is 12.1 Å². The number of amides is 1. The molecule has 0 bridgehead atoms. The number of benzene rings is 2. The van der Waals surface area contributed by atoms with E-state index in [4.69, 9.17) is 0 Å². The predicted octanol–water partition coefficient (Wildman–Crippen LogP) is 3.21. The molecule has 192 valence electrons. The van der Waals surface area contributed by atoms with Gasteiger partial charge in [0, 0.05) is 19.5 Å². The third kappa shape index (κ3) is 5.64. The van der Waals surface area contributed by atoms with Gasteiger partial charge in [0.05, 0.1) is 48.6 Å². The fraction of sp³-hybridized carbons (Fsp3) is 0.321. The number of imidazole rings is 2. The zero-order valence-corrected chi connectivity index (χ0v) is 21.0. The molecule has 2 unspecified atom stereocenters. The number of likely N-dealkylation sites (tertiary alicyclic amines) is 1. The van der Waals surface area contributed by atoms with Gasteiger partial charge in [-0.15, -0.1) is 0 Å². The molecule has 9 nitrogen and oxygen atoms in total. The molecule has 0 aliphatic carbocycles. The second-order valence-corrected chi connectivity index (χ2v) is 9.83. The maximum atomic E-state index is 11.3. The highest BCUT2D eigenvalue weighted by atomic mass is 16.3. The van der Waals surface area contributed by atoms with E-state index in [1.807, 2.05) is 30.3 Å². The summed E-state index contributed by atoms with van der Waals surface area (Å²) in [5.74, 6) is 1.55. The normalized spacial score (nSPS) is 18.5. The van der Waals surface area contributed by atoms with Crippen LogP contribution in [0.15, 0.2) is 60.9 Å². The van der Waals surface area contributed by atoms with E-state index in [1.165, 1.54) is 0 Å². The van der Waals surface area contributed by atoms with Crippen LogP contribution >= 0.6 is 0 Å². The number of carbonyl (C=O) groups excluding carboxylic acids is 1. The molecule has 4 aromatic rings. The van der Waals surface area contributed by atoms with Gasteiger partial charge >= 0.3 is 0 Å². The molecule has 2 aromatic carbocycles. The molecule has 1 aliphatic rings. The van der Waals surface area contributed by atoms with Crippen molar-refractivity contribution in [1.82, 2.24) is 29.7 Å². The van der Waals surface area contributed by atoms with Gasteiger partial charge in [-0.1, -0.05) is 48.5 Å². The molecule has 0 radical (unpaired) electrons. The van der Waals surface area contributed by atoms with Crippen molar-refractivity contribution in [3.63, 3.8) is 0 Å². The molecule has 37 heavy (non-hydrogen) atoms. The highest BCUT2D eigenvalue weighted by molar-refractivity contribution is 5.71. The summed E-state index contributed by atoms with van der Waals surface area (Å²) >= 11 is 0. The number of hydrogen-bond donors (Lipinski definition) is 4. The lowest BCUT2D eigenvalue weighted by Gasteiger charge is -2.16. The van der Waals surface area contributed by atoms with E-state index in [2.05, 4.69) is 56.3 Å². The van der Waals surface area contributed by atoms with E-state index in [1.54, 1.807) is 18.0 Å². The highest BCUT2D eigenvalue weighted by Crippen LogP contribution is 2.31. The molecule has 1 saturated heterocycles. The van der Waals surface area contributed by atoms with Gasteiger partial charge in [-0.3, -0.25) is 9.69 Å². The SMILES string of the molecule is CC(O)CN(C)Cc1ncc(-c2ccc(-c3ccc(-c4cnc(C5C[C@@H](O)CN5C=O)[nH]4)cc3)cc2)[nH]1. The van der Waals surface area contributed by atoms with Crippen molar-refractivity contribution in [2.24, 2.45) is 0 Å². The number of H-pyrrole nitrogens is 2. The predicted molar refractivity (Wildman–Crippen MR) is 141 cm³/mol. The molecule has 4 N–H and O–H groups in total. The minimum Gasteiger partial charge on any atom is -0.392 e. The van der Waals surface area contributed by atoms with E-state index in [0.29, 0.717) is 31.9 Å². The van der Waals surface area contributed by atoms with Crippen LogP contribution in [0.4, 0.5) is 0 Å². The Morgan fingerprint density at radius 1 is 1.00 bits per heavy atom. The summed E-state index contributed by atoms with van der Waals surface area (Å²) in [5, 5.41) is 19.5. The Labute approximate surface area is 215 Å². The summed E-state index contributed by atoms with van der Waals surface area (Å²) in [7, 11) is 1.96. The first-order valence-electron chi connectivity index (χ1n) is 12.5. The van der Waals surface area contributed by atoms with Gasteiger partial charge in [-0.05, 0) is 36.2 Å². The van der Waals surface area contributed by atoms with Crippen molar-refractivity contribution in [2.45, 2.75) is 38.1 Å². The van der Waals surface area contributed by atoms with Gasteiger partial charge in [0.1, 0.15) is 11.6 Å². The number of carbonyl (C=O) groups is 1. The molecule has 0 saturated carbocycles. The topological polar surface area (TPSA) is 121 Å². The number of aliphatic hydroxyl groups is 2. The molecule has 5 rings (SSSR count). The van der Waals surface area contributed by atoms with Gasteiger partial charge in [0.25, 0.3) is 0 Å². The van der Waals surface area contributed by atoms with Crippen LogP contribution in [0.3, 0.4) is 0 Å². The molecular formula is C28H32N6O3. The lowest BCUT2D eigenvalue weighted by atomic mass is 10.0. The maximum absolute atomic E-state index is 11.3. The molecule has 0 spiro atoms. The van der Waals surface area contributed by atoms with Gasteiger partial charge in [-0.25, -0.2) is 9.97 Å². The first kappa shape index (κ1) is 24.9. The molecular weight excluding hydrogens is 468 g/mol. The monoisotopic (exact) mass is 500 g/mol. The average molecular weight is 501 g/mol. The van der Waals surface area contributed by atoms with Crippen LogP contribution in [-0.4, -0.2) is 78.7 Å². The number of likely N-dealkylation sites (N-methyl/N-ethyl adjacent to an activating group) is 1. The average Bonchev–Trinajstić information content (AvgIpc) is 3.63. The molecule has 3 heterocycles. The first-order valence-corrected chi connectivity index (χ1v) is 12.5. The van der Waals surface area contributed by atoms with Gasteiger partial charge in [-0.2, -0.15) is 0 Å². The number of nitrogens with one attached hydrogen (secondary N) is 2. The zero-order valence-electron chi connectivity index (χ0n) is 21.0. The van der Waals surface area contributed by atoms with E-state index < -0.39 is 6.10 Å². The lowest BCUT2D eigenvalue weighted by molar-refractivity contribution is -0.119. The Morgan fingerprint density at radius 2 is 1.57 bits per heavy atom. The summed E-state index contributed by atoms with van der Waals surface area (Å²) in [6, 6.07) is 16.4. The van der Waals surface area contributed by atoms with Crippen LogP contribution in [0.25, 0.3) is 33.6 Å². The summed E-state index contributed by atoms with van der Waals surface area (Å²) in [4.78, 5) is 30.6. The number of aromatic amines is 2. The molecule has 9 heteroatoms. The smallest absolute Gasteiger partial charge is 0.210 e. The van der Waals surface area contributed by atoms with Gasteiger partial charge in [0.15, 0.2) is 0 Å². The van der Waals surface area contributed by atoms with E-state index in [0.717, 1.165) is 45.9 Å². The zero-order chi connectivity index (χ0) is 25.9. The molecule has 1 fully saturated rings. The van der Waals surface area contributed by atoms with E-state index in [9.17, 15) is 15.0 Å². The summed E-state index contributed by atoms with van der Waals surface area (Å²) in [5.41, 5.74) is 6.10. The number of rotatable bonds is 9. The third-order valence-corrected chi connectivity index (χ3v) is 6.71. The van der Waals surface area contributed by atoms with Crippen molar-refractivity contribution in [3.8, 4) is 33.6 Å². The number of β-amino-alcohol motifs (C(OH)–C–C–N with tert-alkyl or cyclic N) is 1. The molecule has 1 amide bonds. The fourth-order valence-electron chi connectivity index (χ4n) is 4.92. The van der Waals surface area contributed by atoms with Crippen molar-refractivity contribution < 1.29 is 15.0 Å². The van der Waals surface area contributed by atoms with Crippen molar-refractivity contribution in [2.75, 3.05) is 20.1 Å².